The minimum absolute atomic E-state index is 0.0764. The Hall–Kier alpha value is -3.37. The first-order valence-electron chi connectivity index (χ1n) is 10.5. The number of fused-ring (bicyclic) bond motifs is 1. The van der Waals surface area contributed by atoms with Crippen LogP contribution in [0.5, 0.6) is 0 Å². The summed E-state index contributed by atoms with van der Waals surface area (Å²) < 4.78 is 15.9. The van der Waals surface area contributed by atoms with Gasteiger partial charge in [-0.25, -0.2) is 14.1 Å². The van der Waals surface area contributed by atoms with E-state index in [0.29, 0.717) is 23.1 Å². The van der Waals surface area contributed by atoms with Crippen molar-refractivity contribution in [1.29, 1.82) is 0 Å². The summed E-state index contributed by atoms with van der Waals surface area (Å²) in [6.45, 7) is 1.96. The highest BCUT2D eigenvalue weighted by Gasteiger charge is 2.28. The maximum Gasteiger partial charge on any atom is 0.278 e. The van der Waals surface area contributed by atoms with Gasteiger partial charge >= 0.3 is 0 Å². The number of nitrogens with zero attached hydrogens (tertiary/aromatic N) is 3. The molecule has 0 radical (unpaired) electrons. The number of amides is 2. The van der Waals surface area contributed by atoms with Crippen LogP contribution in [0.15, 0.2) is 41.8 Å². The van der Waals surface area contributed by atoms with Crippen molar-refractivity contribution in [2.45, 2.75) is 32.7 Å². The summed E-state index contributed by atoms with van der Waals surface area (Å²) in [5.74, 6) is -0.797. The number of benzene rings is 1. The predicted molar refractivity (Wildman–Crippen MR) is 126 cm³/mol. The fourth-order valence-electron chi connectivity index (χ4n) is 3.87. The quantitative estimate of drug-likeness (QED) is 0.422. The Kier molecular flexibility index (Phi) is 5.77. The molecule has 5 rings (SSSR count). The summed E-state index contributed by atoms with van der Waals surface area (Å²) in [5, 5.41) is 12.5. The number of hydrogen-bond acceptors (Lipinski definition) is 6. The third kappa shape index (κ3) is 4.31. The fraction of sp³-hybridized carbons (Fsp3) is 0.217. The highest BCUT2D eigenvalue weighted by Crippen LogP contribution is 2.32. The number of hydrogen-bond donors (Lipinski definition) is 2. The molecule has 1 aliphatic rings. The molecule has 1 aromatic carbocycles. The Morgan fingerprint density at radius 3 is 2.85 bits per heavy atom. The molecule has 3 heterocycles. The first kappa shape index (κ1) is 21.5. The van der Waals surface area contributed by atoms with E-state index in [4.69, 9.17) is 0 Å². The molecular formula is C23H20FN5O2S2. The lowest BCUT2D eigenvalue weighted by atomic mass is 10.2. The monoisotopic (exact) mass is 481 g/mol. The van der Waals surface area contributed by atoms with Crippen LogP contribution >= 0.6 is 22.7 Å². The molecule has 7 nitrogen and oxygen atoms in total. The van der Waals surface area contributed by atoms with E-state index in [0.717, 1.165) is 46.0 Å². The molecule has 0 saturated heterocycles. The molecule has 0 spiro atoms. The molecule has 0 unspecified atom stereocenters. The van der Waals surface area contributed by atoms with Crippen LogP contribution in [-0.4, -0.2) is 26.6 Å². The Labute approximate surface area is 197 Å². The Morgan fingerprint density at radius 1 is 1.18 bits per heavy atom. The van der Waals surface area contributed by atoms with Crippen LogP contribution in [0.25, 0.3) is 16.3 Å². The van der Waals surface area contributed by atoms with E-state index < -0.39 is 0 Å². The maximum atomic E-state index is 14.4. The molecule has 0 saturated carbocycles. The number of rotatable bonds is 6. The normalized spacial score (nSPS) is 12.5. The third-order valence-corrected chi connectivity index (χ3v) is 7.24. The maximum absolute atomic E-state index is 14.4. The summed E-state index contributed by atoms with van der Waals surface area (Å²) in [4.78, 5) is 30.7. The zero-order valence-electron chi connectivity index (χ0n) is 17.7. The summed E-state index contributed by atoms with van der Waals surface area (Å²) in [7, 11) is 0. The molecule has 0 bridgehead atoms. The van der Waals surface area contributed by atoms with E-state index in [1.165, 1.54) is 24.3 Å². The number of thiophene rings is 1. The largest absolute Gasteiger partial charge is 0.351 e. The molecular weight excluding hydrogens is 461 g/mol. The first-order valence-corrected chi connectivity index (χ1v) is 12.2. The van der Waals surface area contributed by atoms with Crippen molar-refractivity contribution in [2.75, 3.05) is 5.32 Å². The van der Waals surface area contributed by atoms with Gasteiger partial charge in [0, 0.05) is 28.4 Å². The van der Waals surface area contributed by atoms with Crippen molar-refractivity contribution in [3.63, 3.8) is 0 Å². The lowest BCUT2D eigenvalue weighted by molar-refractivity contribution is -0.119. The summed E-state index contributed by atoms with van der Waals surface area (Å²) in [5.41, 5.74) is 3.18. The van der Waals surface area contributed by atoms with E-state index in [1.54, 1.807) is 34.2 Å². The first-order chi connectivity index (χ1) is 16.0. The number of aromatic nitrogens is 3. The van der Waals surface area contributed by atoms with Gasteiger partial charge in [0.1, 0.15) is 11.5 Å². The second-order valence-corrected chi connectivity index (χ2v) is 9.68. The Bertz CT molecular complexity index is 1360. The molecule has 0 atom stereocenters. The van der Waals surface area contributed by atoms with Crippen LogP contribution in [0, 0.1) is 5.82 Å². The van der Waals surface area contributed by atoms with Crippen LogP contribution in [0.2, 0.25) is 0 Å². The molecule has 4 aromatic rings. The van der Waals surface area contributed by atoms with Crippen molar-refractivity contribution in [3.8, 4) is 16.3 Å². The van der Waals surface area contributed by atoms with E-state index in [-0.39, 0.29) is 17.6 Å². The van der Waals surface area contributed by atoms with E-state index in [1.807, 2.05) is 17.5 Å². The zero-order chi connectivity index (χ0) is 22.9. The summed E-state index contributed by atoms with van der Waals surface area (Å²) in [6, 6.07) is 10.3. The van der Waals surface area contributed by atoms with Gasteiger partial charge < -0.3 is 5.32 Å². The van der Waals surface area contributed by atoms with Gasteiger partial charge in [0.25, 0.3) is 5.91 Å². The van der Waals surface area contributed by atoms with Gasteiger partial charge in [0.2, 0.25) is 5.91 Å². The van der Waals surface area contributed by atoms with Crippen molar-refractivity contribution in [1.82, 2.24) is 20.1 Å². The average Bonchev–Trinajstić information content (AvgIpc) is 3.56. The van der Waals surface area contributed by atoms with Gasteiger partial charge in [0.15, 0.2) is 10.8 Å². The molecule has 1 aliphatic carbocycles. The molecule has 33 heavy (non-hydrogen) atoms. The van der Waals surface area contributed by atoms with Gasteiger partial charge in [-0.3, -0.25) is 14.9 Å². The van der Waals surface area contributed by atoms with E-state index in [9.17, 15) is 14.0 Å². The molecule has 3 aromatic heterocycles. The molecule has 168 valence electrons. The lowest BCUT2D eigenvalue weighted by Crippen LogP contribution is -2.17. The Balaban J connectivity index is 1.35. The third-order valence-electron chi connectivity index (χ3n) is 5.38. The van der Waals surface area contributed by atoms with Crippen molar-refractivity contribution < 1.29 is 14.0 Å². The topological polar surface area (TPSA) is 88.9 Å². The van der Waals surface area contributed by atoms with Gasteiger partial charge in [-0.05, 0) is 43.5 Å². The van der Waals surface area contributed by atoms with E-state index >= 15 is 0 Å². The van der Waals surface area contributed by atoms with Crippen LogP contribution in [0.4, 0.5) is 9.52 Å². The smallest absolute Gasteiger partial charge is 0.278 e. The number of halogens is 1. The van der Waals surface area contributed by atoms with Gasteiger partial charge in [-0.1, -0.05) is 12.1 Å². The number of nitrogens with one attached hydrogen (secondary N) is 2. The SMILES string of the molecule is CC(=O)NCc1ccc(-c2csc(NC(=O)c3nn(-c4ccccc4F)c4c3CCC4)n2)s1. The number of carbonyl (C=O) groups excluding carboxylic acids is 2. The van der Waals surface area contributed by atoms with Gasteiger partial charge in [-0.2, -0.15) is 5.10 Å². The summed E-state index contributed by atoms with van der Waals surface area (Å²) in [6.07, 6.45) is 2.40. The second kappa shape index (κ2) is 8.87. The predicted octanol–water partition coefficient (Wildman–Crippen LogP) is 4.57. The number of para-hydroxylation sites is 1. The number of carbonyl (C=O) groups is 2. The minimum atomic E-state index is -0.375. The molecule has 10 heteroatoms. The van der Waals surface area contributed by atoms with Crippen molar-refractivity contribution in [2.24, 2.45) is 0 Å². The number of thiazole rings is 1. The standard InChI is InChI=1S/C23H20FN5O2S2/c1-13(30)25-11-14-9-10-20(33-14)17-12-32-23(26-17)27-22(31)21-15-5-4-8-18(15)29(28-21)19-7-3-2-6-16(19)24/h2-3,6-7,9-10,12H,4-5,8,11H2,1H3,(H,25,30)(H,26,27,31). The summed E-state index contributed by atoms with van der Waals surface area (Å²) >= 11 is 2.87. The molecule has 0 aliphatic heterocycles. The van der Waals surface area contributed by atoms with Crippen LogP contribution in [0.1, 0.15) is 40.0 Å². The highest BCUT2D eigenvalue weighted by molar-refractivity contribution is 7.17. The lowest BCUT2D eigenvalue weighted by Gasteiger charge is -2.06. The molecule has 2 amide bonds. The fourth-order valence-corrected chi connectivity index (χ4v) is 5.55. The van der Waals surface area contributed by atoms with Crippen LogP contribution < -0.4 is 10.6 Å². The van der Waals surface area contributed by atoms with Crippen molar-refractivity contribution >= 4 is 39.6 Å². The van der Waals surface area contributed by atoms with Gasteiger partial charge in [0.05, 0.1) is 17.1 Å². The molecule has 2 N–H and O–H groups in total. The average molecular weight is 482 g/mol. The number of anilines is 1. The highest BCUT2D eigenvalue weighted by atomic mass is 32.1. The van der Waals surface area contributed by atoms with Crippen LogP contribution in [0.3, 0.4) is 0 Å². The minimum Gasteiger partial charge on any atom is -0.351 e. The van der Waals surface area contributed by atoms with Gasteiger partial charge in [-0.15, -0.1) is 22.7 Å². The van der Waals surface area contributed by atoms with E-state index in [2.05, 4.69) is 20.7 Å². The second-order valence-electron chi connectivity index (χ2n) is 7.66. The molecule has 0 fully saturated rings. The van der Waals surface area contributed by atoms with Crippen molar-refractivity contribution in [3.05, 3.63) is 69.4 Å². The van der Waals surface area contributed by atoms with Crippen LogP contribution in [-0.2, 0) is 24.2 Å². The Morgan fingerprint density at radius 2 is 2.03 bits per heavy atom. The zero-order valence-corrected chi connectivity index (χ0v) is 19.4.